The molecule has 9 heteroatoms. The molecule has 6 unspecified atom stereocenters. The maximum Gasteiger partial charge on any atom is 0.220 e. The summed E-state index contributed by atoms with van der Waals surface area (Å²) in [7, 11) is 0. The van der Waals surface area contributed by atoms with Gasteiger partial charge in [-0.3, -0.25) is 28.8 Å². The molecule has 0 aromatic rings. The number of unbranched alkanes of at least 4 members (excludes halogenated alkanes) is 36. The number of amides is 3. The lowest BCUT2D eigenvalue weighted by Gasteiger charge is -2.23. The van der Waals surface area contributed by atoms with E-state index in [2.05, 4.69) is 201 Å². The van der Waals surface area contributed by atoms with E-state index in [9.17, 15) is 28.8 Å². The van der Waals surface area contributed by atoms with Crippen LogP contribution in [0.25, 0.3) is 0 Å². The van der Waals surface area contributed by atoms with E-state index in [4.69, 9.17) is 0 Å². The Kier molecular flexibility index (Phi) is 80.2. The molecule has 0 aromatic heterocycles. The number of ketones is 3. The van der Waals surface area contributed by atoms with Crippen molar-refractivity contribution in [3.05, 3.63) is 12.7 Å². The summed E-state index contributed by atoms with van der Waals surface area (Å²) >= 11 is 0. The standard InChI is InChI=1S/C35H25NO2.C32H63NO2.C30H57NO2/c1-5-8-10-11-12-13-14-15-16-17-18-19-20-21-22-23-24-25-26-27-28-29-30-33(37)35(32(4)7-3)36-34(38)31-9-6-2;1-5-8-10-12-13-14-15-16-17-18-19-20-21-22-23-24-25-27-30(34)32(29(4)7-3)33-31(35)28-26-11-9-6-2;1-5-8-10-11-12-13-14-15-16-17-18-19-20-21-22-23-24-25-28(32)30(27(4)7-3)31-29(33)26-9-6-2/h32,35H,6-7,9,30-31H2,1-4H3,(H,36,38);29,32H,5-28H2,1-4H3,(H,33,35);6,27,30H,2,5,7-26H2,1,3-4H3,(H,31,33). The fraction of sp³-hybridized carbons (Fsp3) is 0.691. The van der Waals surface area contributed by atoms with Gasteiger partial charge in [0.05, 0.1) is 24.5 Å². The molecule has 0 aliphatic carbocycles. The number of hydrogen-bond donors (Lipinski definition) is 3. The SMILES string of the molecule is C=CCCC(=O)NC(C(=O)CCCCCCCCCCCCCCCCCCC)C(C)CC.CC#CC#CC#CC#CC#CC#CC#CC#CC#CC#CC#CCC(=O)C(NC(=O)CCCC)C(C)CC.CCCCCCCCCCCCCCCCCCCC(=O)C(NC(=O)CCCCCC)C(C)CC. The van der Waals surface area contributed by atoms with E-state index >= 15 is 0 Å². The van der Waals surface area contributed by atoms with Crippen molar-refractivity contribution in [2.24, 2.45) is 17.8 Å². The van der Waals surface area contributed by atoms with Gasteiger partial charge in [-0.1, -0.05) is 338 Å². The Morgan fingerprint density at radius 1 is 0.274 bits per heavy atom. The van der Waals surface area contributed by atoms with Crippen LogP contribution in [0.3, 0.4) is 0 Å². The molecule has 3 amide bonds. The first-order chi connectivity index (χ1) is 51.7. The van der Waals surface area contributed by atoms with Gasteiger partial charge in [-0.05, 0) is 152 Å². The van der Waals surface area contributed by atoms with Gasteiger partial charge in [0.25, 0.3) is 0 Å². The lowest BCUT2D eigenvalue weighted by Crippen LogP contribution is -2.45. The van der Waals surface area contributed by atoms with Gasteiger partial charge in [-0.2, -0.15) is 0 Å². The summed E-state index contributed by atoms with van der Waals surface area (Å²) < 4.78 is 0. The van der Waals surface area contributed by atoms with Crippen LogP contribution < -0.4 is 16.0 Å². The molecule has 0 aliphatic heterocycles. The highest BCUT2D eigenvalue weighted by atomic mass is 16.2. The second-order valence-corrected chi connectivity index (χ2v) is 28.3. The molecule has 0 radical (unpaired) electrons. The first kappa shape index (κ1) is 102. The first-order valence-electron chi connectivity index (χ1n) is 42.2. The van der Waals surface area contributed by atoms with Gasteiger partial charge >= 0.3 is 0 Å². The third-order valence-corrected chi connectivity index (χ3v) is 18.9. The Morgan fingerprint density at radius 3 is 0.755 bits per heavy atom. The summed E-state index contributed by atoms with van der Waals surface area (Å²) in [6.45, 7) is 26.4. The number of hydrogen-bond acceptors (Lipinski definition) is 6. The highest BCUT2D eigenvalue weighted by Crippen LogP contribution is 2.20. The Bertz CT molecular complexity index is 3090. The third kappa shape index (κ3) is 71.9. The van der Waals surface area contributed by atoms with Crippen molar-refractivity contribution in [2.45, 2.75) is 415 Å². The maximum absolute atomic E-state index is 12.8. The van der Waals surface area contributed by atoms with Crippen LogP contribution in [0.4, 0.5) is 0 Å². The Morgan fingerprint density at radius 2 is 0.491 bits per heavy atom. The van der Waals surface area contributed by atoms with E-state index < -0.39 is 6.04 Å². The number of allylic oxidation sites excluding steroid dienone is 1. The van der Waals surface area contributed by atoms with E-state index in [0.717, 1.165) is 70.6 Å². The van der Waals surface area contributed by atoms with Crippen molar-refractivity contribution in [2.75, 3.05) is 0 Å². The summed E-state index contributed by atoms with van der Waals surface area (Å²) in [6.07, 6.45) is 59.5. The molecule has 0 aliphatic rings. The second kappa shape index (κ2) is 83.0. The predicted octanol–water partition coefficient (Wildman–Crippen LogP) is 21.9. The van der Waals surface area contributed by atoms with E-state index in [-0.39, 0.29) is 71.3 Å². The zero-order chi connectivity index (χ0) is 78.7. The molecule has 584 valence electrons. The van der Waals surface area contributed by atoms with Crippen molar-refractivity contribution in [3.8, 4) is 130 Å². The molecule has 3 N–H and O–H groups in total. The Labute approximate surface area is 652 Å². The Balaban J connectivity index is -0.00000151. The lowest BCUT2D eigenvalue weighted by molar-refractivity contribution is -0.129. The normalized spacial score (nSPS) is 11.3. The van der Waals surface area contributed by atoms with Crippen LogP contribution in [0.15, 0.2) is 12.7 Å². The fourth-order valence-electron chi connectivity index (χ4n) is 11.6. The van der Waals surface area contributed by atoms with Crippen molar-refractivity contribution in [1.29, 1.82) is 0 Å². The minimum absolute atomic E-state index is 0.0109. The molecule has 6 atom stereocenters. The molecule has 0 saturated carbocycles. The van der Waals surface area contributed by atoms with Crippen LogP contribution in [0, 0.1) is 148 Å². The topological polar surface area (TPSA) is 139 Å². The van der Waals surface area contributed by atoms with Crippen LogP contribution in [-0.2, 0) is 28.8 Å². The van der Waals surface area contributed by atoms with Crippen molar-refractivity contribution < 1.29 is 28.8 Å². The molecule has 9 nitrogen and oxygen atoms in total. The number of carbonyl (C=O) groups is 6. The van der Waals surface area contributed by atoms with Gasteiger partial charge in [0.1, 0.15) is 0 Å². The molecule has 0 bridgehead atoms. The summed E-state index contributed by atoms with van der Waals surface area (Å²) in [4.78, 5) is 74.4. The van der Waals surface area contributed by atoms with E-state index in [1.165, 1.54) is 205 Å². The summed E-state index contributed by atoms with van der Waals surface area (Å²) in [5.74, 6) is 56.5. The van der Waals surface area contributed by atoms with Gasteiger partial charge in [0.15, 0.2) is 17.3 Å². The fourth-order valence-corrected chi connectivity index (χ4v) is 11.6. The number of rotatable bonds is 60. The lowest BCUT2D eigenvalue weighted by atomic mass is 9.92. The molecule has 0 heterocycles. The van der Waals surface area contributed by atoms with E-state index in [1.54, 1.807) is 13.0 Å². The summed E-state index contributed by atoms with van der Waals surface area (Å²) in [5, 5.41) is 8.88. The number of carbonyl (C=O) groups excluding carboxylic acids is 6. The molecular formula is C97H145N3O6. The highest BCUT2D eigenvalue weighted by Gasteiger charge is 2.27. The molecule has 0 saturated heterocycles. The highest BCUT2D eigenvalue weighted by molar-refractivity contribution is 5.91. The monoisotopic (exact) mass is 1450 g/mol. The van der Waals surface area contributed by atoms with Gasteiger partial charge < -0.3 is 16.0 Å². The van der Waals surface area contributed by atoms with Crippen molar-refractivity contribution >= 4 is 35.1 Å². The van der Waals surface area contributed by atoms with Gasteiger partial charge in [-0.25, -0.2) is 0 Å². The maximum atomic E-state index is 12.8. The Hall–Kier alpha value is -7.68. The van der Waals surface area contributed by atoms with Gasteiger partial charge in [0.2, 0.25) is 17.7 Å². The minimum Gasteiger partial charge on any atom is -0.346 e. The zero-order valence-electron chi connectivity index (χ0n) is 69.1. The zero-order valence-corrected chi connectivity index (χ0v) is 69.1. The van der Waals surface area contributed by atoms with Crippen LogP contribution in [0.5, 0.6) is 0 Å². The molecule has 0 fully saturated rings. The average molecular weight is 1450 g/mol. The summed E-state index contributed by atoms with van der Waals surface area (Å²) in [5.41, 5.74) is 0. The van der Waals surface area contributed by atoms with Crippen LogP contribution in [0.1, 0.15) is 397 Å². The quantitative estimate of drug-likeness (QED) is 0.0315. The first-order valence-corrected chi connectivity index (χ1v) is 42.2. The van der Waals surface area contributed by atoms with Gasteiger partial charge in [-0.15, -0.1) is 6.58 Å². The van der Waals surface area contributed by atoms with Gasteiger partial charge in [0, 0.05) is 55.8 Å². The summed E-state index contributed by atoms with van der Waals surface area (Å²) in [6, 6.07) is -1.15. The number of Topliss-reactive ketones (excluding diaryl/α,β-unsaturated/α-hetero) is 3. The molecular weight excluding hydrogens is 1300 g/mol. The third-order valence-electron chi connectivity index (χ3n) is 18.9. The van der Waals surface area contributed by atoms with Crippen molar-refractivity contribution in [3.63, 3.8) is 0 Å². The van der Waals surface area contributed by atoms with E-state index in [1.807, 2.05) is 20.8 Å². The largest absolute Gasteiger partial charge is 0.346 e. The molecule has 106 heavy (non-hydrogen) atoms. The van der Waals surface area contributed by atoms with Crippen LogP contribution in [-0.4, -0.2) is 53.2 Å². The predicted molar refractivity (Wildman–Crippen MR) is 450 cm³/mol. The number of nitrogens with one attached hydrogen (secondary N) is 3. The molecule has 0 spiro atoms. The van der Waals surface area contributed by atoms with Crippen LogP contribution in [0.2, 0.25) is 0 Å². The minimum atomic E-state index is -0.537. The van der Waals surface area contributed by atoms with Crippen LogP contribution >= 0.6 is 0 Å². The van der Waals surface area contributed by atoms with E-state index in [0.29, 0.717) is 38.5 Å². The molecule has 0 aromatic carbocycles. The average Bonchev–Trinajstić information content (AvgIpc) is 0.911. The van der Waals surface area contributed by atoms with Crippen molar-refractivity contribution in [1.82, 2.24) is 16.0 Å². The molecule has 0 rings (SSSR count). The second-order valence-electron chi connectivity index (χ2n) is 28.3. The smallest absolute Gasteiger partial charge is 0.220 e.